The smallest absolute Gasteiger partial charge is 0.352 e. The number of benzene rings is 1. The van der Waals surface area contributed by atoms with Gasteiger partial charge in [0.15, 0.2) is 0 Å². The van der Waals surface area contributed by atoms with Crippen molar-refractivity contribution in [3.63, 3.8) is 0 Å². The van der Waals surface area contributed by atoms with Gasteiger partial charge in [0.2, 0.25) is 0 Å². The van der Waals surface area contributed by atoms with E-state index in [-0.39, 0.29) is 0 Å². The van der Waals surface area contributed by atoms with Crippen LogP contribution in [0.3, 0.4) is 0 Å². The molecule has 0 fully saturated rings. The van der Waals surface area contributed by atoms with Crippen LogP contribution in [0.1, 0.15) is 18.2 Å². The fourth-order valence-corrected chi connectivity index (χ4v) is 4.15. The molecule has 0 atom stereocenters. The molecular weight excluding hydrogens is 296 g/mol. The van der Waals surface area contributed by atoms with Crippen molar-refractivity contribution in [3.05, 3.63) is 52.1 Å². The quantitative estimate of drug-likeness (QED) is 0.755. The second-order valence-corrected chi connectivity index (χ2v) is 9.31. The van der Waals surface area contributed by atoms with E-state index < -0.39 is 14.1 Å². The van der Waals surface area contributed by atoms with Gasteiger partial charge in [-0.3, -0.25) is 4.99 Å². The Labute approximate surface area is 129 Å². The Balaban J connectivity index is 2.30. The van der Waals surface area contributed by atoms with E-state index in [0.29, 0.717) is 22.8 Å². The predicted octanol–water partition coefficient (Wildman–Crippen LogP) is 3.60. The maximum Gasteiger partial charge on any atom is 0.352 e. The van der Waals surface area contributed by atoms with Gasteiger partial charge in [0.25, 0.3) is 0 Å². The molecule has 1 aromatic carbocycles. The number of fused-ring (bicyclic) bond motifs is 2. The highest BCUT2D eigenvalue weighted by Gasteiger charge is 2.30. The van der Waals surface area contributed by atoms with E-state index in [1.54, 1.807) is 19.9 Å². The Morgan fingerprint density at radius 2 is 1.91 bits per heavy atom. The number of hydrogen-bond donors (Lipinski definition) is 1. The fraction of sp³-hybridized carbons (Fsp3) is 0.250. The van der Waals surface area contributed by atoms with Crippen LogP contribution in [0.2, 0.25) is 13.1 Å². The summed E-state index contributed by atoms with van der Waals surface area (Å²) in [5.74, 6) is 1.06. The highest BCUT2D eigenvalue weighted by molar-refractivity contribution is 6.75. The fourth-order valence-electron chi connectivity index (χ4n) is 2.53. The summed E-state index contributed by atoms with van der Waals surface area (Å²) in [6.45, 7) is 7.61. The SMILES string of the molecule is CC1=Nc2ccccc2N[Si](C)(C)Oc2cc(C)oc(=O)c21. The molecule has 0 saturated carbocycles. The van der Waals surface area contributed by atoms with Gasteiger partial charge >= 0.3 is 14.1 Å². The lowest BCUT2D eigenvalue weighted by Gasteiger charge is -2.26. The van der Waals surface area contributed by atoms with Crippen molar-refractivity contribution >= 4 is 25.6 Å². The van der Waals surface area contributed by atoms with Crippen molar-refractivity contribution in [2.75, 3.05) is 4.98 Å². The first-order valence-corrected chi connectivity index (χ1v) is 10.0. The van der Waals surface area contributed by atoms with E-state index in [1.165, 1.54) is 0 Å². The summed E-state index contributed by atoms with van der Waals surface area (Å²) < 4.78 is 11.4. The summed E-state index contributed by atoms with van der Waals surface area (Å²) in [6.07, 6.45) is 0. The molecule has 5 nitrogen and oxygen atoms in total. The van der Waals surface area contributed by atoms with E-state index in [0.717, 1.165) is 11.4 Å². The number of nitrogens with one attached hydrogen (secondary N) is 1. The molecule has 0 bridgehead atoms. The van der Waals surface area contributed by atoms with Crippen LogP contribution in [0.25, 0.3) is 0 Å². The Kier molecular flexibility index (Phi) is 3.40. The minimum absolute atomic E-state index is 0.393. The molecule has 114 valence electrons. The molecule has 0 spiro atoms. The first-order valence-electron chi connectivity index (χ1n) is 7.12. The minimum atomic E-state index is -2.29. The molecule has 2 aromatic rings. The van der Waals surface area contributed by atoms with Crippen LogP contribution in [0.15, 0.2) is 44.5 Å². The van der Waals surface area contributed by atoms with Crippen molar-refractivity contribution in [3.8, 4) is 5.75 Å². The average molecular weight is 314 g/mol. The van der Waals surface area contributed by atoms with Gasteiger partial charge in [-0.1, -0.05) is 12.1 Å². The third-order valence-corrected chi connectivity index (χ3v) is 5.00. The van der Waals surface area contributed by atoms with Crippen LogP contribution in [0, 0.1) is 6.92 Å². The minimum Gasteiger partial charge on any atom is -0.524 e. The van der Waals surface area contributed by atoms with E-state index in [4.69, 9.17) is 8.84 Å². The zero-order chi connectivity index (χ0) is 15.9. The molecule has 1 aromatic heterocycles. The monoisotopic (exact) mass is 314 g/mol. The van der Waals surface area contributed by atoms with Gasteiger partial charge in [-0.2, -0.15) is 0 Å². The van der Waals surface area contributed by atoms with Gasteiger partial charge in [0.1, 0.15) is 17.1 Å². The van der Waals surface area contributed by atoms with Crippen LogP contribution >= 0.6 is 0 Å². The second kappa shape index (κ2) is 5.13. The molecule has 0 unspecified atom stereocenters. The first kappa shape index (κ1) is 14.6. The summed E-state index contributed by atoms with van der Waals surface area (Å²) in [7, 11) is -2.29. The molecule has 1 aliphatic heterocycles. The molecule has 3 rings (SSSR count). The van der Waals surface area contributed by atoms with Crippen molar-refractivity contribution < 1.29 is 8.84 Å². The molecule has 1 aliphatic rings. The second-order valence-electron chi connectivity index (χ2n) is 5.84. The molecule has 0 aliphatic carbocycles. The van der Waals surface area contributed by atoms with Gasteiger partial charge in [-0.05, 0) is 39.1 Å². The number of anilines is 1. The molecule has 2 heterocycles. The van der Waals surface area contributed by atoms with Gasteiger partial charge in [0.05, 0.1) is 17.1 Å². The summed E-state index contributed by atoms with van der Waals surface area (Å²) in [6, 6.07) is 9.50. The van der Waals surface area contributed by atoms with Crippen LogP contribution in [0.4, 0.5) is 11.4 Å². The van der Waals surface area contributed by atoms with Crippen LogP contribution in [-0.4, -0.2) is 14.2 Å². The normalized spacial score (nSPS) is 15.9. The van der Waals surface area contributed by atoms with Gasteiger partial charge in [-0.25, -0.2) is 4.79 Å². The van der Waals surface area contributed by atoms with Gasteiger partial charge in [-0.15, -0.1) is 0 Å². The molecule has 0 amide bonds. The van der Waals surface area contributed by atoms with Gasteiger partial charge in [0, 0.05) is 6.07 Å². The van der Waals surface area contributed by atoms with Crippen LogP contribution < -0.4 is 15.0 Å². The largest absolute Gasteiger partial charge is 0.524 e. The van der Waals surface area contributed by atoms with E-state index in [9.17, 15) is 4.79 Å². The third kappa shape index (κ3) is 2.69. The van der Waals surface area contributed by atoms with Crippen molar-refractivity contribution in [2.24, 2.45) is 4.99 Å². The van der Waals surface area contributed by atoms with Crippen molar-refractivity contribution in [2.45, 2.75) is 26.9 Å². The van der Waals surface area contributed by atoms with Crippen LogP contribution in [0.5, 0.6) is 5.75 Å². The van der Waals surface area contributed by atoms with Crippen LogP contribution in [-0.2, 0) is 0 Å². The Hall–Kier alpha value is -2.34. The lowest BCUT2D eigenvalue weighted by Crippen LogP contribution is -2.44. The molecule has 1 N–H and O–H groups in total. The third-order valence-electron chi connectivity index (χ3n) is 3.39. The van der Waals surface area contributed by atoms with E-state index >= 15 is 0 Å². The highest BCUT2D eigenvalue weighted by Crippen LogP contribution is 2.31. The number of aliphatic imine (C=N–C) groups is 1. The zero-order valence-corrected chi connectivity index (χ0v) is 14.1. The maximum absolute atomic E-state index is 12.3. The molecule has 6 heteroatoms. The van der Waals surface area contributed by atoms with Crippen molar-refractivity contribution in [1.82, 2.24) is 0 Å². The number of aryl methyl sites for hydroxylation is 1. The summed E-state index contributed by atoms with van der Waals surface area (Å²) in [4.78, 5) is 20.3. The van der Waals surface area contributed by atoms with Gasteiger partial charge < -0.3 is 13.8 Å². The number of hydrogen-bond acceptors (Lipinski definition) is 5. The highest BCUT2D eigenvalue weighted by atomic mass is 28.4. The number of rotatable bonds is 0. The Morgan fingerprint density at radius 3 is 2.68 bits per heavy atom. The summed E-state index contributed by atoms with van der Waals surface area (Å²) in [5, 5.41) is 0. The topological polar surface area (TPSA) is 63.8 Å². The Bertz CT molecular complexity index is 824. The molecule has 0 saturated heterocycles. The first-order chi connectivity index (χ1) is 10.4. The number of nitrogens with zero attached hydrogens (tertiary/aromatic N) is 1. The van der Waals surface area contributed by atoms with E-state index in [1.807, 2.05) is 37.4 Å². The summed E-state index contributed by atoms with van der Waals surface area (Å²) in [5.41, 5.74) is 2.26. The lowest BCUT2D eigenvalue weighted by atomic mass is 10.1. The molecule has 0 radical (unpaired) electrons. The van der Waals surface area contributed by atoms with E-state index in [2.05, 4.69) is 9.97 Å². The number of para-hydroxylation sites is 2. The maximum atomic E-state index is 12.3. The average Bonchev–Trinajstić information content (AvgIpc) is 2.42. The standard InChI is InChI=1S/C16H18N2O3Si/c1-10-9-14-15(16(19)20-10)11(2)17-12-7-5-6-8-13(12)18-22(3,4)21-14/h5-9,18H,1-4H3. The molecule has 22 heavy (non-hydrogen) atoms. The zero-order valence-electron chi connectivity index (χ0n) is 13.1. The Morgan fingerprint density at radius 1 is 1.18 bits per heavy atom. The molecular formula is C16H18N2O3Si. The summed E-state index contributed by atoms with van der Waals surface area (Å²) >= 11 is 0. The lowest BCUT2D eigenvalue weighted by molar-refractivity contribution is 0.460. The predicted molar refractivity (Wildman–Crippen MR) is 89.8 cm³/mol. The van der Waals surface area contributed by atoms with Crippen molar-refractivity contribution in [1.29, 1.82) is 0 Å².